The third-order valence-electron chi connectivity index (χ3n) is 3.75. The number of nitrogens with one attached hydrogen (secondary N) is 1. The molecule has 130 valence electrons. The van der Waals surface area contributed by atoms with Crippen LogP contribution in [0.5, 0.6) is 0 Å². The van der Waals surface area contributed by atoms with E-state index in [-0.39, 0.29) is 5.56 Å². The Morgan fingerprint density at radius 2 is 2.15 bits per heavy atom. The molecule has 0 saturated heterocycles. The first-order valence-electron chi connectivity index (χ1n) is 7.58. The van der Waals surface area contributed by atoms with E-state index in [1.807, 2.05) is 11.4 Å². The molecular weight excluding hydrogens is 372 g/mol. The number of hydrogen-bond donors (Lipinski definition) is 1. The number of thioether (sulfide) groups is 1. The van der Waals surface area contributed by atoms with Crippen LogP contribution in [0.2, 0.25) is 0 Å². The van der Waals surface area contributed by atoms with Crippen molar-refractivity contribution in [1.82, 2.24) is 19.9 Å². The van der Waals surface area contributed by atoms with Gasteiger partial charge in [-0.1, -0.05) is 11.8 Å². The summed E-state index contributed by atoms with van der Waals surface area (Å²) in [6, 6.07) is 6.66. The third kappa shape index (κ3) is 3.06. The summed E-state index contributed by atoms with van der Waals surface area (Å²) in [5.74, 6) is 0.484. The predicted molar refractivity (Wildman–Crippen MR) is 101 cm³/mol. The van der Waals surface area contributed by atoms with Crippen molar-refractivity contribution >= 4 is 50.2 Å². The Morgan fingerprint density at radius 1 is 1.27 bits per heavy atom. The van der Waals surface area contributed by atoms with Gasteiger partial charge in [0, 0.05) is 5.39 Å². The number of esters is 1. The standard InChI is InChI=1S/C17H12N4O3S2/c1-24-17(23)9-2-3-10-12(6-9)20-13(21-14(10)22)7-26-16-11-4-5-25-15(11)18-8-19-16/h2-6,8H,7H2,1H3,(H,20,21,22). The summed E-state index contributed by atoms with van der Waals surface area (Å²) in [6.07, 6.45) is 1.53. The fourth-order valence-electron chi connectivity index (χ4n) is 2.52. The van der Waals surface area contributed by atoms with Crippen molar-refractivity contribution in [1.29, 1.82) is 0 Å². The second-order valence-electron chi connectivity index (χ2n) is 5.34. The lowest BCUT2D eigenvalue weighted by Gasteiger charge is -2.05. The predicted octanol–water partition coefficient (Wildman–Crippen LogP) is 3.01. The maximum absolute atomic E-state index is 12.3. The summed E-state index contributed by atoms with van der Waals surface area (Å²) in [5.41, 5.74) is 0.563. The number of carbonyl (C=O) groups is 1. The molecule has 0 spiro atoms. The molecule has 1 aromatic carbocycles. The first-order valence-corrected chi connectivity index (χ1v) is 9.44. The van der Waals surface area contributed by atoms with E-state index in [9.17, 15) is 9.59 Å². The maximum atomic E-state index is 12.3. The lowest BCUT2D eigenvalue weighted by Crippen LogP contribution is -2.12. The van der Waals surface area contributed by atoms with Crippen LogP contribution in [0, 0.1) is 0 Å². The van der Waals surface area contributed by atoms with E-state index in [0.717, 1.165) is 15.2 Å². The number of aromatic amines is 1. The van der Waals surface area contributed by atoms with Gasteiger partial charge in [0.15, 0.2) is 0 Å². The van der Waals surface area contributed by atoms with E-state index in [0.29, 0.717) is 28.0 Å². The Bertz CT molecular complexity index is 1190. The van der Waals surface area contributed by atoms with Gasteiger partial charge in [-0.2, -0.15) is 0 Å². The van der Waals surface area contributed by atoms with Crippen molar-refractivity contribution in [2.24, 2.45) is 0 Å². The number of H-pyrrole nitrogens is 1. The van der Waals surface area contributed by atoms with Crippen LogP contribution in [0.4, 0.5) is 0 Å². The molecule has 9 heteroatoms. The average molecular weight is 384 g/mol. The molecule has 26 heavy (non-hydrogen) atoms. The van der Waals surface area contributed by atoms with Crippen LogP contribution in [0.3, 0.4) is 0 Å². The largest absolute Gasteiger partial charge is 0.465 e. The highest BCUT2D eigenvalue weighted by molar-refractivity contribution is 7.98. The molecule has 4 rings (SSSR count). The van der Waals surface area contributed by atoms with Crippen molar-refractivity contribution in [3.05, 3.63) is 57.7 Å². The van der Waals surface area contributed by atoms with Gasteiger partial charge in [0.25, 0.3) is 5.56 Å². The van der Waals surface area contributed by atoms with Gasteiger partial charge in [0.05, 0.1) is 29.3 Å². The quantitative estimate of drug-likeness (QED) is 0.328. The van der Waals surface area contributed by atoms with E-state index in [4.69, 9.17) is 4.74 Å². The lowest BCUT2D eigenvalue weighted by molar-refractivity contribution is 0.0601. The summed E-state index contributed by atoms with van der Waals surface area (Å²) >= 11 is 3.02. The van der Waals surface area contributed by atoms with Crippen LogP contribution in [-0.2, 0) is 10.5 Å². The molecule has 0 aliphatic rings. The van der Waals surface area contributed by atoms with Gasteiger partial charge < -0.3 is 9.72 Å². The number of fused-ring (bicyclic) bond motifs is 2. The van der Waals surface area contributed by atoms with Gasteiger partial charge in [-0.25, -0.2) is 19.7 Å². The molecular formula is C17H12N4O3S2. The Hall–Kier alpha value is -2.78. The molecule has 0 fully saturated rings. The van der Waals surface area contributed by atoms with Gasteiger partial charge in [0.2, 0.25) is 0 Å². The highest BCUT2D eigenvalue weighted by Gasteiger charge is 2.11. The monoisotopic (exact) mass is 384 g/mol. The van der Waals surface area contributed by atoms with E-state index < -0.39 is 5.97 Å². The van der Waals surface area contributed by atoms with Gasteiger partial charge >= 0.3 is 5.97 Å². The molecule has 1 N–H and O–H groups in total. The topological polar surface area (TPSA) is 97.8 Å². The van der Waals surface area contributed by atoms with Crippen molar-refractivity contribution in [3.63, 3.8) is 0 Å². The van der Waals surface area contributed by atoms with Gasteiger partial charge in [-0.05, 0) is 29.6 Å². The first-order chi connectivity index (χ1) is 12.7. The number of nitrogens with zero attached hydrogens (tertiary/aromatic N) is 3. The average Bonchev–Trinajstić information content (AvgIpc) is 3.14. The van der Waals surface area contributed by atoms with Gasteiger partial charge in [-0.3, -0.25) is 4.79 Å². The molecule has 0 amide bonds. The summed E-state index contributed by atoms with van der Waals surface area (Å²) in [5, 5.41) is 4.21. The molecule has 0 saturated carbocycles. The molecule has 0 bridgehead atoms. The Labute approximate surface area is 155 Å². The zero-order chi connectivity index (χ0) is 18.1. The first kappa shape index (κ1) is 16.7. The van der Waals surface area contributed by atoms with E-state index >= 15 is 0 Å². The normalized spacial score (nSPS) is 11.1. The number of benzene rings is 1. The number of thiophene rings is 1. The second kappa shape index (κ2) is 6.85. The number of hydrogen-bond acceptors (Lipinski definition) is 8. The van der Waals surface area contributed by atoms with E-state index in [1.54, 1.807) is 29.5 Å². The highest BCUT2D eigenvalue weighted by Crippen LogP contribution is 2.29. The van der Waals surface area contributed by atoms with E-state index in [1.165, 1.54) is 25.2 Å². The molecule has 0 radical (unpaired) electrons. The highest BCUT2D eigenvalue weighted by atomic mass is 32.2. The van der Waals surface area contributed by atoms with Crippen LogP contribution in [-0.4, -0.2) is 33.0 Å². The molecule has 0 unspecified atom stereocenters. The molecule has 3 heterocycles. The third-order valence-corrected chi connectivity index (χ3v) is 5.58. The molecule has 0 atom stereocenters. The second-order valence-corrected chi connectivity index (χ2v) is 7.20. The molecule has 7 nitrogen and oxygen atoms in total. The number of rotatable bonds is 4. The van der Waals surface area contributed by atoms with E-state index in [2.05, 4.69) is 19.9 Å². The van der Waals surface area contributed by atoms with Crippen LogP contribution < -0.4 is 5.56 Å². The fraction of sp³-hybridized carbons (Fsp3) is 0.118. The molecule has 0 aliphatic heterocycles. The van der Waals surface area contributed by atoms with Crippen molar-refractivity contribution in [2.75, 3.05) is 7.11 Å². The smallest absolute Gasteiger partial charge is 0.337 e. The minimum Gasteiger partial charge on any atom is -0.465 e. The van der Waals surface area contributed by atoms with Crippen LogP contribution in [0.15, 0.2) is 45.8 Å². The number of ether oxygens (including phenoxy) is 1. The summed E-state index contributed by atoms with van der Waals surface area (Å²) in [4.78, 5) is 40.7. The Morgan fingerprint density at radius 3 is 3.00 bits per heavy atom. The van der Waals surface area contributed by atoms with Crippen LogP contribution in [0.1, 0.15) is 16.2 Å². The van der Waals surface area contributed by atoms with Crippen LogP contribution in [0.25, 0.3) is 21.1 Å². The lowest BCUT2D eigenvalue weighted by atomic mass is 10.1. The molecule has 4 aromatic rings. The number of carbonyl (C=O) groups excluding carboxylic acids is 1. The number of aromatic nitrogens is 4. The zero-order valence-electron chi connectivity index (χ0n) is 13.6. The zero-order valence-corrected chi connectivity index (χ0v) is 15.2. The SMILES string of the molecule is COC(=O)c1ccc2c(=O)[nH]c(CSc3ncnc4sccc34)nc2c1. The summed E-state index contributed by atoms with van der Waals surface area (Å²) in [6.45, 7) is 0. The van der Waals surface area contributed by atoms with Gasteiger partial charge in [-0.15, -0.1) is 11.3 Å². The number of methoxy groups -OCH3 is 1. The Kier molecular flexibility index (Phi) is 4.39. The van der Waals surface area contributed by atoms with Gasteiger partial charge in [0.1, 0.15) is 22.0 Å². The fourth-order valence-corrected chi connectivity index (χ4v) is 4.17. The minimum atomic E-state index is -0.467. The minimum absolute atomic E-state index is 0.245. The van der Waals surface area contributed by atoms with Crippen molar-refractivity contribution in [2.45, 2.75) is 10.8 Å². The summed E-state index contributed by atoms with van der Waals surface area (Å²) < 4.78 is 4.71. The van der Waals surface area contributed by atoms with Crippen molar-refractivity contribution < 1.29 is 9.53 Å². The Balaban J connectivity index is 1.67. The van der Waals surface area contributed by atoms with Crippen LogP contribution >= 0.6 is 23.1 Å². The maximum Gasteiger partial charge on any atom is 0.337 e. The molecule has 3 aromatic heterocycles. The van der Waals surface area contributed by atoms with Crippen molar-refractivity contribution in [3.8, 4) is 0 Å². The molecule has 0 aliphatic carbocycles. The summed E-state index contributed by atoms with van der Waals surface area (Å²) in [7, 11) is 1.31.